The van der Waals surface area contributed by atoms with Crippen LogP contribution >= 0.6 is 0 Å². The van der Waals surface area contributed by atoms with Gasteiger partial charge in [0.15, 0.2) is 0 Å². The second-order valence-corrected chi connectivity index (χ2v) is 7.73. The fourth-order valence-corrected chi connectivity index (χ4v) is 3.50. The third-order valence-electron chi connectivity index (χ3n) is 5.28. The molecule has 1 atom stereocenters. The quantitative estimate of drug-likeness (QED) is 0.698. The summed E-state index contributed by atoms with van der Waals surface area (Å²) in [5.41, 5.74) is 1.67. The van der Waals surface area contributed by atoms with Crippen LogP contribution in [0.5, 0.6) is 0 Å². The summed E-state index contributed by atoms with van der Waals surface area (Å²) in [6.45, 7) is 6.22. The molecule has 0 aliphatic carbocycles. The molecule has 2 aromatic rings. The number of carbonyl (C=O) groups is 2. The molecule has 2 N–H and O–H groups in total. The largest absolute Gasteiger partial charge is 0.354 e. The van der Waals surface area contributed by atoms with Gasteiger partial charge in [0.05, 0.1) is 13.1 Å². The summed E-state index contributed by atoms with van der Waals surface area (Å²) >= 11 is 0. The molecule has 0 radical (unpaired) electrons. The van der Waals surface area contributed by atoms with E-state index in [0.29, 0.717) is 31.9 Å². The van der Waals surface area contributed by atoms with Crippen LogP contribution in [0.15, 0.2) is 54.6 Å². The van der Waals surface area contributed by atoms with Crippen molar-refractivity contribution in [1.29, 1.82) is 0 Å². The topological polar surface area (TPSA) is 64.7 Å². The molecule has 2 aromatic carbocycles. The zero-order valence-corrected chi connectivity index (χ0v) is 17.3. The van der Waals surface area contributed by atoms with Crippen molar-refractivity contribution in [3.63, 3.8) is 0 Å². The molecule has 3 rings (SSSR count). The summed E-state index contributed by atoms with van der Waals surface area (Å²) in [5, 5.41) is 5.73. The number of carbonyl (C=O) groups excluding carboxylic acids is 2. The van der Waals surface area contributed by atoms with Gasteiger partial charge in [0.2, 0.25) is 11.8 Å². The molecule has 0 aromatic heterocycles. The number of piperazine rings is 1. The number of halogens is 1. The van der Waals surface area contributed by atoms with Gasteiger partial charge in [0.25, 0.3) is 0 Å². The first-order chi connectivity index (χ1) is 14.5. The Morgan fingerprint density at radius 1 is 0.933 bits per heavy atom. The van der Waals surface area contributed by atoms with E-state index in [-0.39, 0.29) is 30.1 Å². The van der Waals surface area contributed by atoms with Crippen LogP contribution in [0, 0.1) is 5.82 Å². The number of benzene rings is 2. The molecule has 7 heteroatoms. The summed E-state index contributed by atoms with van der Waals surface area (Å²) in [4.78, 5) is 28.6. The molecule has 0 unspecified atom stereocenters. The first kappa shape index (κ1) is 21.9. The Bertz CT molecular complexity index is 838. The second-order valence-electron chi connectivity index (χ2n) is 7.73. The van der Waals surface area contributed by atoms with Crippen LogP contribution in [0.2, 0.25) is 0 Å². The van der Waals surface area contributed by atoms with Crippen molar-refractivity contribution in [3.05, 3.63) is 66.0 Å². The number of nitrogens with zero attached hydrogens (tertiary/aromatic N) is 2. The summed E-state index contributed by atoms with van der Waals surface area (Å²) in [5.74, 6) is -0.252. The van der Waals surface area contributed by atoms with Gasteiger partial charge in [-0.25, -0.2) is 4.39 Å². The average Bonchev–Trinajstić information content (AvgIpc) is 2.74. The van der Waals surface area contributed by atoms with Gasteiger partial charge in [-0.1, -0.05) is 43.3 Å². The molecule has 6 nitrogen and oxygen atoms in total. The first-order valence-corrected chi connectivity index (χ1v) is 10.3. The lowest BCUT2D eigenvalue weighted by molar-refractivity contribution is -0.123. The molecule has 1 aliphatic heterocycles. The van der Waals surface area contributed by atoms with E-state index in [2.05, 4.69) is 34.6 Å². The Labute approximate surface area is 177 Å². The van der Waals surface area contributed by atoms with E-state index in [1.807, 2.05) is 23.1 Å². The van der Waals surface area contributed by atoms with Gasteiger partial charge in [0.1, 0.15) is 5.82 Å². The maximum Gasteiger partial charge on any atom is 0.238 e. The molecule has 1 aliphatic rings. The van der Waals surface area contributed by atoms with Gasteiger partial charge in [0, 0.05) is 38.4 Å². The van der Waals surface area contributed by atoms with Gasteiger partial charge in [-0.15, -0.1) is 0 Å². The van der Waals surface area contributed by atoms with Crippen molar-refractivity contribution in [2.75, 3.05) is 51.1 Å². The highest BCUT2D eigenvalue weighted by Gasteiger charge is 2.21. The van der Waals surface area contributed by atoms with Crippen molar-refractivity contribution < 1.29 is 14.0 Å². The summed E-state index contributed by atoms with van der Waals surface area (Å²) in [6, 6.07) is 16.0. The maximum absolute atomic E-state index is 13.2. The Morgan fingerprint density at radius 2 is 1.57 bits per heavy atom. The predicted octanol–water partition coefficient (Wildman–Crippen LogP) is 2.30. The van der Waals surface area contributed by atoms with Gasteiger partial charge in [-0.05, 0) is 29.7 Å². The molecular weight excluding hydrogens is 383 g/mol. The minimum atomic E-state index is -0.377. The van der Waals surface area contributed by atoms with E-state index >= 15 is 0 Å². The second kappa shape index (κ2) is 10.8. The molecule has 160 valence electrons. The van der Waals surface area contributed by atoms with Gasteiger partial charge < -0.3 is 10.6 Å². The van der Waals surface area contributed by atoms with Crippen molar-refractivity contribution in [1.82, 2.24) is 15.1 Å². The van der Waals surface area contributed by atoms with Crippen molar-refractivity contribution >= 4 is 17.5 Å². The standard InChI is InChI=1S/C23H29FN4O2/c1-18(19-6-3-2-4-7-19)15-25-22(29)16-27-10-12-28(13-11-27)17-23(30)26-21-9-5-8-20(24)14-21/h2-9,14,18H,10-13,15-17H2,1H3,(H,25,29)(H,26,30)/t18-/m1/s1. The first-order valence-electron chi connectivity index (χ1n) is 10.3. The molecule has 0 saturated carbocycles. The van der Waals surface area contributed by atoms with Crippen LogP contribution in [-0.4, -0.2) is 67.4 Å². The SMILES string of the molecule is C[C@H](CNC(=O)CN1CCN(CC(=O)Nc2cccc(F)c2)CC1)c1ccccc1. The lowest BCUT2D eigenvalue weighted by Crippen LogP contribution is -2.51. The molecular formula is C23H29FN4O2. The lowest BCUT2D eigenvalue weighted by atomic mass is 10.0. The van der Waals surface area contributed by atoms with Crippen LogP contribution in [0.25, 0.3) is 0 Å². The number of rotatable bonds is 8. The average molecular weight is 413 g/mol. The minimum Gasteiger partial charge on any atom is -0.354 e. The van der Waals surface area contributed by atoms with Gasteiger partial charge >= 0.3 is 0 Å². The third kappa shape index (κ3) is 6.93. The fourth-order valence-electron chi connectivity index (χ4n) is 3.50. The lowest BCUT2D eigenvalue weighted by Gasteiger charge is -2.33. The van der Waals surface area contributed by atoms with E-state index < -0.39 is 0 Å². The summed E-state index contributed by atoms with van der Waals surface area (Å²) < 4.78 is 13.2. The Morgan fingerprint density at radius 3 is 2.20 bits per heavy atom. The number of nitrogens with one attached hydrogen (secondary N) is 2. The predicted molar refractivity (Wildman–Crippen MR) is 116 cm³/mol. The van der Waals surface area contributed by atoms with E-state index in [0.717, 1.165) is 13.1 Å². The van der Waals surface area contributed by atoms with Gasteiger partial charge in [-0.3, -0.25) is 19.4 Å². The number of anilines is 1. The van der Waals surface area contributed by atoms with Crippen molar-refractivity contribution in [2.45, 2.75) is 12.8 Å². The van der Waals surface area contributed by atoms with E-state index in [9.17, 15) is 14.0 Å². The summed E-state index contributed by atoms with van der Waals surface area (Å²) in [7, 11) is 0. The Kier molecular flexibility index (Phi) is 7.93. The highest BCUT2D eigenvalue weighted by molar-refractivity contribution is 5.92. The highest BCUT2D eigenvalue weighted by Crippen LogP contribution is 2.13. The number of amides is 2. The number of hydrogen-bond acceptors (Lipinski definition) is 4. The maximum atomic E-state index is 13.2. The van der Waals surface area contributed by atoms with E-state index in [4.69, 9.17) is 0 Å². The van der Waals surface area contributed by atoms with Crippen LogP contribution in [0.1, 0.15) is 18.4 Å². The molecule has 0 bridgehead atoms. The highest BCUT2D eigenvalue weighted by atomic mass is 19.1. The third-order valence-corrected chi connectivity index (χ3v) is 5.28. The smallest absolute Gasteiger partial charge is 0.238 e. The van der Waals surface area contributed by atoms with Crippen molar-refractivity contribution in [3.8, 4) is 0 Å². The van der Waals surface area contributed by atoms with Crippen LogP contribution in [0.3, 0.4) is 0 Å². The molecule has 1 heterocycles. The van der Waals surface area contributed by atoms with Crippen molar-refractivity contribution in [2.24, 2.45) is 0 Å². The van der Waals surface area contributed by atoms with Crippen LogP contribution in [-0.2, 0) is 9.59 Å². The van der Waals surface area contributed by atoms with E-state index in [1.54, 1.807) is 12.1 Å². The summed E-state index contributed by atoms with van der Waals surface area (Å²) in [6.07, 6.45) is 0. The monoisotopic (exact) mass is 412 g/mol. The molecule has 30 heavy (non-hydrogen) atoms. The zero-order chi connectivity index (χ0) is 21.3. The van der Waals surface area contributed by atoms with Crippen LogP contribution in [0.4, 0.5) is 10.1 Å². The molecule has 0 spiro atoms. The Hall–Kier alpha value is -2.77. The molecule has 1 saturated heterocycles. The Balaban J connectivity index is 1.34. The van der Waals surface area contributed by atoms with E-state index in [1.165, 1.54) is 17.7 Å². The number of hydrogen-bond donors (Lipinski definition) is 2. The van der Waals surface area contributed by atoms with Gasteiger partial charge in [-0.2, -0.15) is 0 Å². The zero-order valence-electron chi connectivity index (χ0n) is 17.3. The molecule has 1 fully saturated rings. The normalized spacial score (nSPS) is 16.1. The van der Waals surface area contributed by atoms with Crippen LogP contribution < -0.4 is 10.6 Å². The minimum absolute atomic E-state index is 0.0232. The molecule has 2 amide bonds. The fraction of sp³-hybridized carbons (Fsp3) is 0.391.